The van der Waals surface area contributed by atoms with Gasteiger partial charge in [-0.3, -0.25) is 14.5 Å². The van der Waals surface area contributed by atoms with Crippen LogP contribution in [0, 0.1) is 0 Å². The Labute approximate surface area is 128 Å². The Balaban J connectivity index is 1.97. The summed E-state index contributed by atoms with van der Waals surface area (Å²) in [5.74, 6) is 0.584. The van der Waals surface area contributed by atoms with Gasteiger partial charge in [0.05, 0.1) is 18.0 Å². The third-order valence-electron chi connectivity index (χ3n) is 3.55. The number of carbonyl (C=O) groups is 2. The zero-order valence-electron chi connectivity index (χ0n) is 12.5. The van der Waals surface area contributed by atoms with Gasteiger partial charge in [0.1, 0.15) is 25.8 Å². The average molecular weight is 306 g/mol. The van der Waals surface area contributed by atoms with Gasteiger partial charge in [0.25, 0.3) is 0 Å². The number of nitrogens with one attached hydrogen (secondary N) is 1. The highest BCUT2D eigenvalue weighted by Gasteiger charge is 2.33. The molecule has 1 amide bonds. The Bertz CT molecular complexity index is 616. The Morgan fingerprint density at radius 3 is 2.73 bits per heavy atom. The fourth-order valence-corrected chi connectivity index (χ4v) is 2.56. The van der Waals surface area contributed by atoms with Crippen LogP contribution in [0.15, 0.2) is 12.1 Å². The molecule has 0 saturated heterocycles. The third-order valence-corrected chi connectivity index (χ3v) is 3.55. The fourth-order valence-electron chi connectivity index (χ4n) is 2.56. The number of anilines is 2. The van der Waals surface area contributed by atoms with Crippen LogP contribution in [0.5, 0.6) is 11.5 Å². The summed E-state index contributed by atoms with van der Waals surface area (Å²) < 4.78 is 16.0. The SMILES string of the molecule is CCOC(=O)CN1C(=O)C(C)Nc2cc3c(cc21)OCCO3. The number of hydrogen-bond acceptors (Lipinski definition) is 6. The van der Waals surface area contributed by atoms with Gasteiger partial charge in [0.2, 0.25) is 5.91 Å². The number of carbonyl (C=O) groups excluding carboxylic acids is 2. The van der Waals surface area contributed by atoms with Crippen LogP contribution in [0.2, 0.25) is 0 Å². The summed E-state index contributed by atoms with van der Waals surface area (Å²) in [5, 5.41) is 3.12. The maximum atomic E-state index is 12.4. The Morgan fingerprint density at radius 2 is 2.05 bits per heavy atom. The molecule has 118 valence electrons. The minimum absolute atomic E-state index is 0.120. The van der Waals surface area contributed by atoms with Gasteiger partial charge in [-0.05, 0) is 13.8 Å². The molecule has 1 aromatic carbocycles. The zero-order valence-corrected chi connectivity index (χ0v) is 12.5. The van der Waals surface area contributed by atoms with Crippen LogP contribution in [0.4, 0.5) is 11.4 Å². The van der Waals surface area contributed by atoms with E-state index in [1.54, 1.807) is 26.0 Å². The van der Waals surface area contributed by atoms with E-state index < -0.39 is 12.0 Å². The van der Waals surface area contributed by atoms with E-state index in [0.717, 1.165) is 5.69 Å². The molecule has 7 nitrogen and oxygen atoms in total. The predicted octanol–water partition coefficient (Wildman–Crippen LogP) is 1.17. The van der Waals surface area contributed by atoms with Crippen molar-refractivity contribution in [2.24, 2.45) is 0 Å². The first-order valence-corrected chi connectivity index (χ1v) is 7.27. The monoisotopic (exact) mass is 306 g/mol. The van der Waals surface area contributed by atoms with Crippen molar-refractivity contribution in [2.75, 3.05) is 36.6 Å². The molecule has 22 heavy (non-hydrogen) atoms. The maximum Gasteiger partial charge on any atom is 0.326 e. The first-order valence-electron chi connectivity index (χ1n) is 7.27. The lowest BCUT2D eigenvalue weighted by Crippen LogP contribution is -2.48. The molecule has 1 unspecified atom stereocenters. The van der Waals surface area contributed by atoms with Gasteiger partial charge in [0.15, 0.2) is 11.5 Å². The largest absolute Gasteiger partial charge is 0.486 e. The molecule has 0 aliphatic carbocycles. The first-order chi connectivity index (χ1) is 10.6. The lowest BCUT2D eigenvalue weighted by atomic mass is 10.1. The number of amides is 1. The quantitative estimate of drug-likeness (QED) is 0.845. The Kier molecular flexibility index (Phi) is 3.79. The Morgan fingerprint density at radius 1 is 1.36 bits per heavy atom. The number of nitrogens with zero attached hydrogens (tertiary/aromatic N) is 1. The number of ether oxygens (including phenoxy) is 3. The van der Waals surface area contributed by atoms with E-state index in [-0.39, 0.29) is 19.1 Å². The van der Waals surface area contributed by atoms with Crippen molar-refractivity contribution in [1.29, 1.82) is 0 Å². The van der Waals surface area contributed by atoms with Gasteiger partial charge < -0.3 is 19.5 Å². The van der Waals surface area contributed by atoms with Crippen LogP contribution in [0.3, 0.4) is 0 Å². The molecule has 2 aliphatic rings. The van der Waals surface area contributed by atoms with E-state index in [9.17, 15) is 9.59 Å². The van der Waals surface area contributed by atoms with Crippen LogP contribution < -0.4 is 19.7 Å². The molecule has 1 atom stereocenters. The van der Waals surface area contributed by atoms with Gasteiger partial charge in [-0.25, -0.2) is 0 Å². The number of rotatable bonds is 3. The van der Waals surface area contributed by atoms with Crippen LogP contribution >= 0.6 is 0 Å². The van der Waals surface area contributed by atoms with Crippen molar-refractivity contribution in [1.82, 2.24) is 0 Å². The van der Waals surface area contributed by atoms with E-state index in [1.165, 1.54) is 4.90 Å². The summed E-state index contributed by atoms with van der Waals surface area (Å²) in [4.78, 5) is 25.6. The van der Waals surface area contributed by atoms with E-state index in [2.05, 4.69) is 5.32 Å². The van der Waals surface area contributed by atoms with E-state index in [1.807, 2.05) is 0 Å². The van der Waals surface area contributed by atoms with Crippen molar-refractivity contribution in [3.63, 3.8) is 0 Å². The lowest BCUT2D eigenvalue weighted by Gasteiger charge is -2.34. The van der Waals surface area contributed by atoms with Crippen molar-refractivity contribution in [3.8, 4) is 11.5 Å². The highest BCUT2D eigenvalue weighted by Crippen LogP contribution is 2.42. The molecular formula is C15H18N2O5. The molecular weight excluding hydrogens is 288 g/mol. The highest BCUT2D eigenvalue weighted by atomic mass is 16.6. The van der Waals surface area contributed by atoms with Crippen LogP contribution in [0.1, 0.15) is 13.8 Å². The minimum Gasteiger partial charge on any atom is -0.486 e. The van der Waals surface area contributed by atoms with Crippen molar-refractivity contribution < 1.29 is 23.8 Å². The summed E-state index contributed by atoms with van der Waals surface area (Å²) in [6, 6.07) is 3.09. The molecule has 0 fully saturated rings. The number of esters is 1. The molecule has 1 aromatic rings. The van der Waals surface area contributed by atoms with Crippen molar-refractivity contribution >= 4 is 23.3 Å². The normalized spacial score (nSPS) is 19.3. The third kappa shape index (κ3) is 2.54. The standard InChI is InChI=1S/C15H18N2O5/c1-3-20-14(18)8-17-11-7-13-12(21-4-5-22-13)6-10(11)16-9(2)15(17)19/h6-7,9,16H,3-5,8H2,1-2H3. The van der Waals surface area contributed by atoms with Crippen LogP contribution in [0.25, 0.3) is 0 Å². The topological polar surface area (TPSA) is 77.1 Å². The van der Waals surface area contributed by atoms with Crippen LogP contribution in [-0.2, 0) is 14.3 Å². The second-order valence-electron chi connectivity index (χ2n) is 5.11. The molecule has 0 aromatic heterocycles. The van der Waals surface area contributed by atoms with Gasteiger partial charge in [0, 0.05) is 12.1 Å². The van der Waals surface area contributed by atoms with E-state index in [4.69, 9.17) is 14.2 Å². The summed E-state index contributed by atoms with van der Waals surface area (Å²) in [7, 11) is 0. The predicted molar refractivity (Wildman–Crippen MR) is 79.5 cm³/mol. The molecule has 7 heteroatoms. The zero-order chi connectivity index (χ0) is 15.7. The van der Waals surface area contributed by atoms with Gasteiger partial charge in [-0.1, -0.05) is 0 Å². The van der Waals surface area contributed by atoms with Gasteiger partial charge in [-0.15, -0.1) is 0 Å². The average Bonchev–Trinajstić information content (AvgIpc) is 2.50. The summed E-state index contributed by atoms with van der Waals surface area (Å²) >= 11 is 0. The molecule has 2 heterocycles. The summed E-state index contributed by atoms with van der Waals surface area (Å²) in [6.07, 6.45) is 0. The summed E-state index contributed by atoms with van der Waals surface area (Å²) in [5.41, 5.74) is 1.33. The second-order valence-corrected chi connectivity index (χ2v) is 5.11. The van der Waals surface area contributed by atoms with E-state index in [0.29, 0.717) is 30.4 Å². The second kappa shape index (κ2) is 5.75. The molecule has 2 aliphatic heterocycles. The van der Waals surface area contributed by atoms with Crippen molar-refractivity contribution in [2.45, 2.75) is 19.9 Å². The highest BCUT2D eigenvalue weighted by molar-refractivity contribution is 6.07. The van der Waals surface area contributed by atoms with Gasteiger partial charge in [-0.2, -0.15) is 0 Å². The summed E-state index contributed by atoms with van der Waals surface area (Å²) in [6.45, 7) is 4.60. The minimum atomic E-state index is -0.439. The molecule has 0 bridgehead atoms. The fraction of sp³-hybridized carbons (Fsp3) is 0.467. The lowest BCUT2D eigenvalue weighted by molar-refractivity contribution is -0.142. The molecule has 1 N–H and O–H groups in total. The number of hydrogen-bond donors (Lipinski definition) is 1. The molecule has 0 radical (unpaired) electrons. The smallest absolute Gasteiger partial charge is 0.326 e. The van der Waals surface area contributed by atoms with Gasteiger partial charge >= 0.3 is 5.97 Å². The molecule has 3 rings (SSSR count). The first kappa shape index (κ1) is 14.5. The number of fused-ring (bicyclic) bond motifs is 2. The molecule has 0 saturated carbocycles. The molecule has 0 spiro atoms. The maximum absolute atomic E-state index is 12.4. The van der Waals surface area contributed by atoms with Crippen LogP contribution in [-0.4, -0.2) is 44.3 Å². The number of benzene rings is 1. The van der Waals surface area contributed by atoms with Crippen molar-refractivity contribution in [3.05, 3.63) is 12.1 Å². The van der Waals surface area contributed by atoms with E-state index >= 15 is 0 Å². The Hall–Kier alpha value is -2.44.